The van der Waals surface area contributed by atoms with Gasteiger partial charge in [-0.1, -0.05) is 0 Å². The molecule has 0 N–H and O–H groups in total. The van der Waals surface area contributed by atoms with Crippen LogP contribution in [0.15, 0.2) is 12.4 Å². The predicted octanol–water partition coefficient (Wildman–Crippen LogP) is 1.49. The maximum Gasteiger partial charge on any atom is 0.218 e. The lowest BCUT2D eigenvalue weighted by Crippen LogP contribution is -2.27. The summed E-state index contributed by atoms with van der Waals surface area (Å²) in [6.07, 6.45) is 3.95. The summed E-state index contributed by atoms with van der Waals surface area (Å²) in [6.45, 7) is 6.48. The molecule has 2 fully saturated rings. The Kier molecular flexibility index (Phi) is 3.07. The molecular weight excluding hydrogens is 230 g/mol. The van der Waals surface area contributed by atoms with Crippen LogP contribution in [0.3, 0.4) is 0 Å². The predicted molar refractivity (Wildman–Crippen MR) is 67.9 cm³/mol. The van der Waals surface area contributed by atoms with E-state index in [0.717, 1.165) is 32.1 Å². The zero-order chi connectivity index (χ0) is 12.4. The van der Waals surface area contributed by atoms with Crippen molar-refractivity contribution in [3.05, 3.63) is 12.4 Å². The first kappa shape index (κ1) is 11.7. The molecule has 18 heavy (non-hydrogen) atoms. The highest BCUT2D eigenvalue weighted by Gasteiger charge is 2.41. The quantitative estimate of drug-likeness (QED) is 0.812. The molecular formula is C13H19N3O2. The molecule has 1 aromatic rings. The molecule has 5 nitrogen and oxygen atoms in total. The van der Waals surface area contributed by atoms with Gasteiger partial charge in [0.05, 0.1) is 13.2 Å². The SMILES string of the molecule is CCOc1cc(N2CCC3(CCOC3)C2)ncn1. The third-order valence-electron chi connectivity index (χ3n) is 3.87. The highest BCUT2D eigenvalue weighted by atomic mass is 16.5. The van der Waals surface area contributed by atoms with Gasteiger partial charge in [0, 0.05) is 31.2 Å². The zero-order valence-corrected chi connectivity index (χ0v) is 10.8. The van der Waals surface area contributed by atoms with Crippen molar-refractivity contribution in [1.82, 2.24) is 9.97 Å². The van der Waals surface area contributed by atoms with E-state index in [1.165, 1.54) is 12.8 Å². The summed E-state index contributed by atoms with van der Waals surface area (Å²) in [5.41, 5.74) is 0.358. The van der Waals surface area contributed by atoms with Crippen LogP contribution in [0.5, 0.6) is 5.88 Å². The first-order chi connectivity index (χ1) is 8.81. The molecule has 0 aromatic carbocycles. The van der Waals surface area contributed by atoms with E-state index < -0.39 is 0 Å². The molecule has 2 aliphatic rings. The van der Waals surface area contributed by atoms with Gasteiger partial charge >= 0.3 is 0 Å². The van der Waals surface area contributed by atoms with Crippen LogP contribution in [-0.4, -0.2) is 42.9 Å². The van der Waals surface area contributed by atoms with Crippen molar-refractivity contribution in [2.24, 2.45) is 5.41 Å². The summed E-state index contributed by atoms with van der Waals surface area (Å²) < 4.78 is 11.0. The van der Waals surface area contributed by atoms with E-state index in [1.54, 1.807) is 6.33 Å². The summed E-state index contributed by atoms with van der Waals surface area (Å²) in [4.78, 5) is 10.8. The Balaban J connectivity index is 1.73. The normalized spacial score (nSPS) is 27.1. The van der Waals surface area contributed by atoms with Crippen LogP contribution in [0, 0.1) is 5.41 Å². The summed E-state index contributed by atoms with van der Waals surface area (Å²) in [5, 5.41) is 0. The monoisotopic (exact) mass is 249 g/mol. The molecule has 3 rings (SSSR count). The van der Waals surface area contributed by atoms with Gasteiger partial charge in [-0.2, -0.15) is 0 Å². The molecule has 3 heterocycles. The minimum absolute atomic E-state index is 0.358. The molecule has 0 radical (unpaired) electrons. The summed E-state index contributed by atoms with van der Waals surface area (Å²) >= 11 is 0. The maximum atomic E-state index is 5.54. The van der Waals surface area contributed by atoms with Crippen molar-refractivity contribution in [1.29, 1.82) is 0 Å². The molecule has 0 bridgehead atoms. The van der Waals surface area contributed by atoms with Gasteiger partial charge in [0.25, 0.3) is 0 Å². The average molecular weight is 249 g/mol. The number of anilines is 1. The second-order valence-corrected chi connectivity index (χ2v) is 5.12. The largest absolute Gasteiger partial charge is 0.478 e. The lowest BCUT2D eigenvalue weighted by atomic mass is 9.87. The Morgan fingerprint density at radius 1 is 1.44 bits per heavy atom. The van der Waals surface area contributed by atoms with Crippen molar-refractivity contribution >= 4 is 5.82 Å². The number of nitrogens with zero attached hydrogens (tertiary/aromatic N) is 3. The van der Waals surface area contributed by atoms with Gasteiger partial charge in [0.2, 0.25) is 5.88 Å². The van der Waals surface area contributed by atoms with E-state index >= 15 is 0 Å². The van der Waals surface area contributed by atoms with Crippen LogP contribution in [0.25, 0.3) is 0 Å². The van der Waals surface area contributed by atoms with Crippen LogP contribution in [0.1, 0.15) is 19.8 Å². The van der Waals surface area contributed by atoms with Crippen LogP contribution in [-0.2, 0) is 4.74 Å². The Morgan fingerprint density at radius 3 is 3.17 bits per heavy atom. The van der Waals surface area contributed by atoms with E-state index in [4.69, 9.17) is 9.47 Å². The third kappa shape index (κ3) is 2.14. The number of hydrogen-bond acceptors (Lipinski definition) is 5. The minimum Gasteiger partial charge on any atom is -0.478 e. The topological polar surface area (TPSA) is 47.5 Å². The van der Waals surface area contributed by atoms with Crippen LogP contribution in [0.2, 0.25) is 0 Å². The first-order valence-corrected chi connectivity index (χ1v) is 6.59. The van der Waals surface area contributed by atoms with E-state index in [0.29, 0.717) is 17.9 Å². The van der Waals surface area contributed by atoms with Crippen molar-refractivity contribution in [3.63, 3.8) is 0 Å². The molecule has 2 aliphatic heterocycles. The first-order valence-electron chi connectivity index (χ1n) is 6.59. The molecule has 0 aliphatic carbocycles. The van der Waals surface area contributed by atoms with Crippen molar-refractivity contribution in [2.45, 2.75) is 19.8 Å². The highest BCUT2D eigenvalue weighted by Crippen LogP contribution is 2.39. The van der Waals surface area contributed by atoms with Gasteiger partial charge in [-0.3, -0.25) is 0 Å². The van der Waals surface area contributed by atoms with Gasteiger partial charge < -0.3 is 14.4 Å². The fourth-order valence-electron chi connectivity index (χ4n) is 2.83. The molecule has 0 saturated carbocycles. The lowest BCUT2D eigenvalue weighted by Gasteiger charge is -2.22. The molecule has 5 heteroatoms. The van der Waals surface area contributed by atoms with Crippen molar-refractivity contribution in [2.75, 3.05) is 37.8 Å². The fourth-order valence-corrected chi connectivity index (χ4v) is 2.83. The maximum absolute atomic E-state index is 5.54. The molecule has 2 saturated heterocycles. The molecule has 1 unspecified atom stereocenters. The summed E-state index contributed by atoms with van der Waals surface area (Å²) in [6, 6.07) is 1.93. The Hall–Kier alpha value is -1.36. The van der Waals surface area contributed by atoms with Gasteiger partial charge in [-0.15, -0.1) is 0 Å². The van der Waals surface area contributed by atoms with Crippen molar-refractivity contribution < 1.29 is 9.47 Å². The van der Waals surface area contributed by atoms with Gasteiger partial charge in [-0.05, 0) is 19.8 Å². The summed E-state index contributed by atoms with van der Waals surface area (Å²) in [5.74, 6) is 1.63. The van der Waals surface area contributed by atoms with Crippen LogP contribution in [0.4, 0.5) is 5.82 Å². The minimum atomic E-state index is 0.358. The molecule has 1 aromatic heterocycles. The molecule has 1 atom stereocenters. The molecule has 98 valence electrons. The standard InChI is InChI=1S/C13H19N3O2/c1-2-18-12-7-11(14-10-15-12)16-5-3-13(8-16)4-6-17-9-13/h7,10H,2-6,8-9H2,1H3. The Bertz CT molecular complexity index is 418. The van der Waals surface area contributed by atoms with Crippen molar-refractivity contribution in [3.8, 4) is 5.88 Å². The van der Waals surface area contributed by atoms with Gasteiger partial charge in [0.15, 0.2) is 0 Å². The highest BCUT2D eigenvalue weighted by molar-refractivity contribution is 5.42. The zero-order valence-electron chi connectivity index (χ0n) is 10.8. The van der Waals surface area contributed by atoms with E-state index in [9.17, 15) is 0 Å². The number of hydrogen-bond donors (Lipinski definition) is 0. The fraction of sp³-hybridized carbons (Fsp3) is 0.692. The second kappa shape index (κ2) is 4.72. The van der Waals surface area contributed by atoms with Gasteiger partial charge in [0.1, 0.15) is 12.1 Å². The Labute approximate surface area is 107 Å². The lowest BCUT2D eigenvalue weighted by molar-refractivity contribution is 0.160. The second-order valence-electron chi connectivity index (χ2n) is 5.12. The molecule has 1 spiro atoms. The smallest absolute Gasteiger partial charge is 0.218 e. The summed E-state index contributed by atoms with van der Waals surface area (Å²) in [7, 11) is 0. The average Bonchev–Trinajstić information content (AvgIpc) is 3.01. The number of aromatic nitrogens is 2. The Morgan fingerprint density at radius 2 is 2.39 bits per heavy atom. The van der Waals surface area contributed by atoms with Crippen LogP contribution >= 0.6 is 0 Å². The molecule has 0 amide bonds. The number of ether oxygens (including phenoxy) is 2. The van der Waals surface area contributed by atoms with E-state index in [2.05, 4.69) is 14.9 Å². The number of rotatable bonds is 3. The van der Waals surface area contributed by atoms with E-state index in [-0.39, 0.29) is 0 Å². The third-order valence-corrected chi connectivity index (χ3v) is 3.87. The van der Waals surface area contributed by atoms with E-state index in [1.807, 2.05) is 13.0 Å². The van der Waals surface area contributed by atoms with Gasteiger partial charge in [-0.25, -0.2) is 9.97 Å². The van der Waals surface area contributed by atoms with Crippen LogP contribution < -0.4 is 9.64 Å².